The van der Waals surface area contributed by atoms with E-state index in [1.165, 1.54) is 6.20 Å². The van der Waals surface area contributed by atoms with Gasteiger partial charge in [0.25, 0.3) is 0 Å². The van der Waals surface area contributed by atoms with E-state index in [0.717, 1.165) is 0 Å². The van der Waals surface area contributed by atoms with Crippen LogP contribution in [0.3, 0.4) is 0 Å². The summed E-state index contributed by atoms with van der Waals surface area (Å²) in [6, 6.07) is 0. The maximum absolute atomic E-state index is 12.9. The predicted molar refractivity (Wildman–Crippen MR) is 67.5 cm³/mol. The Bertz CT molecular complexity index is 460. The van der Waals surface area contributed by atoms with Gasteiger partial charge in [-0.25, -0.2) is 0 Å². The van der Waals surface area contributed by atoms with Gasteiger partial charge < -0.3 is 5.11 Å². The van der Waals surface area contributed by atoms with Crippen molar-refractivity contribution < 1.29 is 18.3 Å². The van der Waals surface area contributed by atoms with Crippen molar-refractivity contribution in [2.45, 2.75) is 50.9 Å². The Morgan fingerprint density at radius 1 is 1.58 bits per heavy atom. The van der Waals surface area contributed by atoms with E-state index in [-0.39, 0.29) is 12.8 Å². The van der Waals surface area contributed by atoms with Gasteiger partial charge in [-0.15, -0.1) is 0 Å². The first kappa shape index (κ1) is 14.8. The number of rotatable bonds is 2. The lowest BCUT2D eigenvalue weighted by Gasteiger charge is -2.38. The Balaban J connectivity index is 2.34. The average Bonchev–Trinajstić information content (AvgIpc) is 2.70. The van der Waals surface area contributed by atoms with E-state index >= 15 is 0 Å². The van der Waals surface area contributed by atoms with Gasteiger partial charge in [0.2, 0.25) is 0 Å². The first-order valence-electron chi connectivity index (χ1n) is 6.29. The van der Waals surface area contributed by atoms with Crippen molar-refractivity contribution in [2.75, 3.05) is 0 Å². The standard InChI is InChI=1S/C12H16BrF3N2O/c1-2-18-10(9(13)7-17-18)11(19)5-3-4-8(6-11)12(14,15)16/h7-8,19H,2-6H2,1H3. The number of aromatic nitrogens is 2. The highest BCUT2D eigenvalue weighted by Gasteiger charge is 2.49. The third-order valence-corrected chi connectivity index (χ3v) is 4.31. The molecule has 0 bridgehead atoms. The number of hydrogen-bond acceptors (Lipinski definition) is 2. The van der Waals surface area contributed by atoms with Crippen LogP contribution in [-0.4, -0.2) is 21.1 Å². The first-order valence-corrected chi connectivity index (χ1v) is 7.08. The molecule has 0 aliphatic heterocycles. The second kappa shape index (κ2) is 5.09. The number of aliphatic hydroxyl groups is 1. The number of hydrogen-bond donors (Lipinski definition) is 1. The third-order valence-electron chi connectivity index (χ3n) is 3.73. The maximum atomic E-state index is 12.9. The second-order valence-corrected chi connectivity index (χ2v) is 5.88. The fourth-order valence-electron chi connectivity index (χ4n) is 2.81. The molecule has 1 saturated carbocycles. The number of aryl methyl sites for hydroxylation is 1. The van der Waals surface area contributed by atoms with Crippen LogP contribution in [0.5, 0.6) is 0 Å². The van der Waals surface area contributed by atoms with Crippen LogP contribution in [0.4, 0.5) is 13.2 Å². The molecule has 1 fully saturated rings. The molecule has 2 atom stereocenters. The molecule has 0 saturated heterocycles. The lowest BCUT2D eigenvalue weighted by Crippen LogP contribution is -2.40. The van der Waals surface area contributed by atoms with Crippen LogP contribution in [0, 0.1) is 5.92 Å². The van der Waals surface area contributed by atoms with Crippen molar-refractivity contribution in [2.24, 2.45) is 5.92 Å². The Morgan fingerprint density at radius 3 is 2.84 bits per heavy atom. The quantitative estimate of drug-likeness (QED) is 0.893. The van der Waals surface area contributed by atoms with E-state index in [2.05, 4.69) is 21.0 Å². The highest BCUT2D eigenvalue weighted by atomic mass is 79.9. The molecule has 1 aliphatic rings. The van der Waals surface area contributed by atoms with Gasteiger partial charge in [-0.05, 0) is 48.5 Å². The summed E-state index contributed by atoms with van der Waals surface area (Å²) in [6.45, 7) is 2.36. The zero-order chi connectivity index (χ0) is 14.3. The van der Waals surface area contributed by atoms with E-state index < -0.39 is 17.7 Å². The molecule has 1 aromatic rings. The monoisotopic (exact) mass is 340 g/mol. The average molecular weight is 341 g/mol. The molecule has 0 radical (unpaired) electrons. The molecule has 1 heterocycles. The lowest BCUT2D eigenvalue weighted by atomic mass is 9.76. The molecule has 2 unspecified atom stereocenters. The number of alkyl halides is 3. The molecule has 0 amide bonds. The molecule has 2 rings (SSSR count). The Hall–Kier alpha value is -0.560. The summed E-state index contributed by atoms with van der Waals surface area (Å²) < 4.78 is 40.7. The number of nitrogens with zero attached hydrogens (tertiary/aromatic N) is 2. The van der Waals surface area contributed by atoms with Crippen LogP contribution in [0.2, 0.25) is 0 Å². The maximum Gasteiger partial charge on any atom is 0.391 e. The van der Waals surface area contributed by atoms with Crippen LogP contribution in [-0.2, 0) is 12.1 Å². The SMILES string of the molecule is CCn1ncc(Br)c1C1(O)CCCC(C(F)(F)F)C1. The van der Waals surface area contributed by atoms with Gasteiger partial charge >= 0.3 is 6.18 Å². The molecule has 1 N–H and O–H groups in total. The molecular weight excluding hydrogens is 325 g/mol. The lowest BCUT2D eigenvalue weighted by molar-refractivity contribution is -0.202. The van der Waals surface area contributed by atoms with Gasteiger partial charge in [0.15, 0.2) is 0 Å². The first-order chi connectivity index (χ1) is 8.78. The molecular formula is C12H16BrF3N2O. The topological polar surface area (TPSA) is 38.0 Å². The van der Waals surface area contributed by atoms with Crippen LogP contribution in [0.25, 0.3) is 0 Å². The zero-order valence-electron chi connectivity index (χ0n) is 10.5. The van der Waals surface area contributed by atoms with E-state index in [4.69, 9.17) is 0 Å². The molecule has 108 valence electrons. The van der Waals surface area contributed by atoms with Crippen molar-refractivity contribution >= 4 is 15.9 Å². The molecule has 1 aliphatic carbocycles. The summed E-state index contributed by atoms with van der Waals surface area (Å²) in [4.78, 5) is 0. The highest BCUT2D eigenvalue weighted by Crippen LogP contribution is 2.47. The zero-order valence-corrected chi connectivity index (χ0v) is 12.1. The molecule has 0 aromatic carbocycles. The van der Waals surface area contributed by atoms with E-state index in [9.17, 15) is 18.3 Å². The van der Waals surface area contributed by atoms with Crippen LogP contribution in [0.1, 0.15) is 38.3 Å². The molecule has 0 spiro atoms. The minimum atomic E-state index is -4.25. The molecule has 19 heavy (non-hydrogen) atoms. The van der Waals surface area contributed by atoms with Gasteiger partial charge in [-0.2, -0.15) is 18.3 Å². The molecule has 3 nitrogen and oxygen atoms in total. The van der Waals surface area contributed by atoms with Gasteiger partial charge in [-0.1, -0.05) is 0 Å². The second-order valence-electron chi connectivity index (χ2n) is 5.02. The van der Waals surface area contributed by atoms with Crippen molar-refractivity contribution in [1.29, 1.82) is 0 Å². The van der Waals surface area contributed by atoms with Crippen LogP contribution < -0.4 is 0 Å². The van der Waals surface area contributed by atoms with Gasteiger partial charge in [0.1, 0.15) is 5.60 Å². The van der Waals surface area contributed by atoms with E-state index in [0.29, 0.717) is 29.6 Å². The van der Waals surface area contributed by atoms with Crippen molar-refractivity contribution in [3.8, 4) is 0 Å². The van der Waals surface area contributed by atoms with Crippen molar-refractivity contribution in [1.82, 2.24) is 9.78 Å². The fraction of sp³-hybridized carbons (Fsp3) is 0.750. The largest absolute Gasteiger partial charge is 0.391 e. The third kappa shape index (κ3) is 2.81. The van der Waals surface area contributed by atoms with Crippen LogP contribution in [0.15, 0.2) is 10.7 Å². The summed E-state index contributed by atoms with van der Waals surface area (Å²) in [6.07, 6.45) is -2.23. The Labute approximate surface area is 117 Å². The highest BCUT2D eigenvalue weighted by molar-refractivity contribution is 9.10. The normalized spacial score (nSPS) is 28.6. The molecule has 7 heteroatoms. The van der Waals surface area contributed by atoms with Crippen molar-refractivity contribution in [3.63, 3.8) is 0 Å². The van der Waals surface area contributed by atoms with Gasteiger partial charge in [0.05, 0.1) is 22.3 Å². The van der Waals surface area contributed by atoms with Gasteiger partial charge in [0, 0.05) is 6.54 Å². The van der Waals surface area contributed by atoms with Crippen molar-refractivity contribution in [3.05, 3.63) is 16.4 Å². The minimum absolute atomic E-state index is 0.0870. The predicted octanol–water partition coefficient (Wildman–Crippen LogP) is 3.61. The molecule has 1 aromatic heterocycles. The summed E-state index contributed by atoms with van der Waals surface area (Å²) in [5.74, 6) is -1.45. The Kier molecular flexibility index (Phi) is 3.97. The summed E-state index contributed by atoms with van der Waals surface area (Å²) >= 11 is 3.27. The smallest absolute Gasteiger partial charge is 0.384 e. The summed E-state index contributed by atoms with van der Waals surface area (Å²) in [5.41, 5.74) is -0.993. The number of halogens is 4. The van der Waals surface area contributed by atoms with E-state index in [1.54, 1.807) is 4.68 Å². The van der Waals surface area contributed by atoms with Crippen LogP contribution >= 0.6 is 15.9 Å². The fourth-order valence-corrected chi connectivity index (χ4v) is 3.48. The van der Waals surface area contributed by atoms with Gasteiger partial charge in [-0.3, -0.25) is 4.68 Å². The van der Waals surface area contributed by atoms with E-state index in [1.807, 2.05) is 6.92 Å². The Morgan fingerprint density at radius 2 is 2.26 bits per heavy atom. The summed E-state index contributed by atoms with van der Waals surface area (Å²) in [5, 5.41) is 14.7. The summed E-state index contributed by atoms with van der Waals surface area (Å²) in [7, 11) is 0. The minimum Gasteiger partial charge on any atom is -0.384 e.